The molecule has 1 unspecified atom stereocenters. The number of hydrogen-bond donors (Lipinski definition) is 3. The molecule has 0 aromatic heterocycles. The van der Waals surface area contributed by atoms with Crippen LogP contribution >= 0.6 is 11.6 Å². The monoisotopic (exact) mass is 359 g/mol. The first kappa shape index (κ1) is 18.8. The maximum absolute atomic E-state index is 12.6. The number of nitrogens with one attached hydrogen (secondary N) is 3. The summed E-state index contributed by atoms with van der Waals surface area (Å²) in [5.74, 6) is -0.371. The van der Waals surface area contributed by atoms with Gasteiger partial charge in [-0.05, 0) is 42.7 Å². The van der Waals surface area contributed by atoms with Crippen LogP contribution in [0.25, 0.3) is 0 Å². The molecule has 0 saturated heterocycles. The number of carbonyl (C=O) groups is 2. The van der Waals surface area contributed by atoms with E-state index in [9.17, 15) is 9.59 Å². The average molecular weight is 360 g/mol. The van der Waals surface area contributed by atoms with E-state index in [0.29, 0.717) is 16.4 Å². The Labute approximate surface area is 152 Å². The fraction of sp³-hybridized carbons (Fsp3) is 0.263. The minimum atomic E-state index is -0.679. The van der Waals surface area contributed by atoms with Crippen molar-refractivity contribution in [2.24, 2.45) is 5.92 Å². The van der Waals surface area contributed by atoms with Gasteiger partial charge >= 0.3 is 6.03 Å². The maximum Gasteiger partial charge on any atom is 0.319 e. The second-order valence-corrected chi connectivity index (χ2v) is 6.57. The van der Waals surface area contributed by atoms with Gasteiger partial charge in [-0.3, -0.25) is 4.79 Å². The van der Waals surface area contributed by atoms with Crippen LogP contribution in [0.4, 0.5) is 16.2 Å². The summed E-state index contributed by atoms with van der Waals surface area (Å²) < 4.78 is 0. The number of para-hydroxylation sites is 1. The van der Waals surface area contributed by atoms with Crippen molar-refractivity contribution < 1.29 is 9.59 Å². The second kappa shape index (κ2) is 8.53. The molecule has 0 aliphatic heterocycles. The first-order chi connectivity index (χ1) is 11.9. The fourth-order valence-corrected chi connectivity index (χ4v) is 2.48. The van der Waals surface area contributed by atoms with E-state index in [2.05, 4.69) is 16.0 Å². The number of aryl methyl sites for hydroxylation is 1. The molecule has 0 heterocycles. The lowest BCUT2D eigenvalue weighted by Crippen LogP contribution is -2.48. The summed E-state index contributed by atoms with van der Waals surface area (Å²) >= 11 is 5.99. The van der Waals surface area contributed by atoms with Crippen molar-refractivity contribution in [2.75, 3.05) is 10.6 Å². The highest BCUT2D eigenvalue weighted by Crippen LogP contribution is 2.21. The third kappa shape index (κ3) is 5.50. The summed E-state index contributed by atoms with van der Waals surface area (Å²) in [4.78, 5) is 24.8. The lowest BCUT2D eigenvalue weighted by Gasteiger charge is -2.22. The van der Waals surface area contributed by atoms with E-state index >= 15 is 0 Å². The number of benzene rings is 2. The molecule has 0 aliphatic carbocycles. The first-order valence-corrected chi connectivity index (χ1v) is 8.44. The molecule has 3 amide bonds. The van der Waals surface area contributed by atoms with Crippen LogP contribution in [0.5, 0.6) is 0 Å². The van der Waals surface area contributed by atoms with Crippen LogP contribution in [-0.2, 0) is 4.79 Å². The smallest absolute Gasteiger partial charge is 0.319 e. The van der Waals surface area contributed by atoms with Crippen molar-refractivity contribution in [3.8, 4) is 0 Å². The minimum absolute atomic E-state index is 0.0824. The molecule has 25 heavy (non-hydrogen) atoms. The second-order valence-electron chi connectivity index (χ2n) is 6.13. The van der Waals surface area contributed by atoms with E-state index in [-0.39, 0.29) is 11.8 Å². The summed E-state index contributed by atoms with van der Waals surface area (Å²) in [5, 5.41) is 8.81. The van der Waals surface area contributed by atoms with Gasteiger partial charge in [-0.2, -0.15) is 0 Å². The van der Waals surface area contributed by atoms with Crippen LogP contribution in [0.15, 0.2) is 48.5 Å². The zero-order valence-corrected chi connectivity index (χ0v) is 15.2. The van der Waals surface area contributed by atoms with Gasteiger partial charge in [0, 0.05) is 16.4 Å². The molecule has 2 rings (SSSR count). The number of urea groups is 1. The van der Waals surface area contributed by atoms with Gasteiger partial charge in [-0.1, -0.05) is 49.7 Å². The third-order valence-corrected chi connectivity index (χ3v) is 3.96. The molecule has 2 aromatic carbocycles. The Kier molecular flexibility index (Phi) is 6.42. The lowest BCUT2D eigenvalue weighted by atomic mass is 10.0. The zero-order valence-electron chi connectivity index (χ0n) is 14.5. The number of rotatable bonds is 5. The topological polar surface area (TPSA) is 70.2 Å². The highest BCUT2D eigenvalue weighted by molar-refractivity contribution is 6.31. The van der Waals surface area contributed by atoms with Gasteiger partial charge in [0.1, 0.15) is 6.04 Å². The summed E-state index contributed by atoms with van der Waals surface area (Å²) in [6.45, 7) is 5.63. The van der Waals surface area contributed by atoms with Crippen molar-refractivity contribution in [3.05, 3.63) is 59.1 Å². The molecule has 0 aliphatic rings. The van der Waals surface area contributed by atoms with Gasteiger partial charge in [0.25, 0.3) is 0 Å². The van der Waals surface area contributed by atoms with E-state index in [4.69, 9.17) is 11.6 Å². The Morgan fingerprint density at radius 2 is 1.68 bits per heavy atom. The predicted octanol–water partition coefficient (Wildman–Crippen LogP) is 4.43. The first-order valence-electron chi connectivity index (χ1n) is 8.06. The van der Waals surface area contributed by atoms with Crippen molar-refractivity contribution in [1.29, 1.82) is 0 Å². The molecule has 0 spiro atoms. The molecule has 0 saturated carbocycles. The van der Waals surface area contributed by atoms with Crippen molar-refractivity contribution >= 4 is 34.9 Å². The number of anilines is 2. The Bertz CT molecular complexity index is 748. The number of carbonyl (C=O) groups excluding carboxylic acids is 2. The van der Waals surface area contributed by atoms with Gasteiger partial charge < -0.3 is 16.0 Å². The SMILES string of the molecule is Cc1ccc(Cl)cc1NC(=O)C(NC(=O)Nc1ccccc1)C(C)C. The van der Waals surface area contributed by atoms with Crippen molar-refractivity contribution in [3.63, 3.8) is 0 Å². The quantitative estimate of drug-likeness (QED) is 0.738. The predicted molar refractivity (Wildman–Crippen MR) is 102 cm³/mol. The molecule has 1 atom stereocenters. The van der Waals surface area contributed by atoms with Crippen molar-refractivity contribution in [2.45, 2.75) is 26.8 Å². The summed E-state index contributed by atoms with van der Waals surface area (Å²) in [7, 11) is 0. The largest absolute Gasteiger partial charge is 0.326 e. The van der Waals surface area contributed by atoms with E-state index in [0.717, 1.165) is 5.56 Å². The molecular formula is C19H22ClN3O2. The van der Waals surface area contributed by atoms with Gasteiger partial charge in [-0.15, -0.1) is 0 Å². The molecule has 0 fully saturated rings. The van der Waals surface area contributed by atoms with Crippen LogP contribution in [-0.4, -0.2) is 18.0 Å². The Morgan fingerprint density at radius 1 is 1.00 bits per heavy atom. The third-order valence-electron chi connectivity index (χ3n) is 3.72. The van der Waals surface area contributed by atoms with E-state index in [1.165, 1.54) is 0 Å². The molecule has 5 nitrogen and oxygen atoms in total. The molecule has 0 radical (unpaired) electrons. The van der Waals surface area contributed by atoms with E-state index in [1.807, 2.05) is 45.0 Å². The van der Waals surface area contributed by atoms with E-state index < -0.39 is 12.1 Å². The van der Waals surface area contributed by atoms with E-state index in [1.54, 1.807) is 24.3 Å². The van der Waals surface area contributed by atoms with Crippen molar-refractivity contribution in [1.82, 2.24) is 5.32 Å². The van der Waals surface area contributed by atoms with Crippen LogP contribution < -0.4 is 16.0 Å². The van der Waals surface area contributed by atoms with Gasteiger partial charge in [0.05, 0.1) is 0 Å². The molecule has 2 aromatic rings. The van der Waals surface area contributed by atoms with Crippen LogP contribution in [0.1, 0.15) is 19.4 Å². The maximum atomic E-state index is 12.6. The van der Waals surface area contributed by atoms with Gasteiger partial charge in [0.2, 0.25) is 5.91 Å². The van der Waals surface area contributed by atoms with Crippen LogP contribution in [0.2, 0.25) is 5.02 Å². The molecule has 3 N–H and O–H groups in total. The summed E-state index contributed by atoms with van der Waals surface area (Å²) in [5.41, 5.74) is 2.19. The molecule has 6 heteroatoms. The highest BCUT2D eigenvalue weighted by atomic mass is 35.5. The van der Waals surface area contributed by atoms with Gasteiger partial charge in [-0.25, -0.2) is 4.79 Å². The van der Waals surface area contributed by atoms with Gasteiger partial charge in [0.15, 0.2) is 0 Å². The number of hydrogen-bond acceptors (Lipinski definition) is 2. The summed E-state index contributed by atoms with van der Waals surface area (Å²) in [6.07, 6.45) is 0. The molecule has 0 bridgehead atoms. The van der Waals surface area contributed by atoms with Crippen LogP contribution in [0, 0.1) is 12.8 Å². The van der Waals surface area contributed by atoms with Crippen LogP contribution in [0.3, 0.4) is 0 Å². The normalized spacial score (nSPS) is 11.7. The number of halogens is 1. The minimum Gasteiger partial charge on any atom is -0.326 e. The lowest BCUT2D eigenvalue weighted by molar-refractivity contribution is -0.118. The average Bonchev–Trinajstić information content (AvgIpc) is 2.56. The fourth-order valence-electron chi connectivity index (χ4n) is 2.30. The highest BCUT2D eigenvalue weighted by Gasteiger charge is 2.24. The number of amides is 3. The standard InChI is InChI=1S/C19H22ClN3O2/c1-12(2)17(23-19(25)21-15-7-5-4-6-8-15)18(24)22-16-11-14(20)10-9-13(16)3/h4-12,17H,1-3H3,(H,22,24)(H2,21,23,25). The molecular weight excluding hydrogens is 338 g/mol. The Balaban J connectivity index is 2.05. The molecule has 132 valence electrons. The Morgan fingerprint density at radius 3 is 2.32 bits per heavy atom. The summed E-state index contributed by atoms with van der Waals surface area (Å²) in [6, 6.07) is 13.2. The zero-order chi connectivity index (χ0) is 18.4. The Hall–Kier alpha value is -2.53.